The predicted molar refractivity (Wildman–Crippen MR) is 47.5 cm³/mol. The van der Waals surface area contributed by atoms with E-state index in [1.54, 1.807) is 0 Å². The van der Waals surface area contributed by atoms with E-state index in [0.29, 0.717) is 0 Å². The molecular formula is C8H16N3+. The summed E-state index contributed by atoms with van der Waals surface area (Å²) in [6.07, 6.45) is 3.95. The summed E-state index contributed by atoms with van der Waals surface area (Å²) in [6.45, 7) is 8.42. The molecule has 11 heavy (non-hydrogen) atoms. The summed E-state index contributed by atoms with van der Waals surface area (Å²) >= 11 is 0. The molecule has 1 aliphatic rings. The molecule has 1 aliphatic heterocycles. The van der Waals surface area contributed by atoms with Crippen LogP contribution in [0.5, 0.6) is 0 Å². The third-order valence-electron chi connectivity index (χ3n) is 2.07. The van der Waals surface area contributed by atoms with Crippen LogP contribution >= 0.6 is 0 Å². The van der Waals surface area contributed by atoms with E-state index in [9.17, 15) is 0 Å². The molecule has 0 aromatic heterocycles. The average Bonchev–Trinajstić information content (AvgIpc) is 2.39. The maximum atomic E-state index is 5.51. The lowest BCUT2D eigenvalue weighted by Gasteiger charge is -2.28. The number of nitrogens with two attached hydrogens (primary N) is 1. The molecule has 1 atom stereocenters. The zero-order valence-corrected chi connectivity index (χ0v) is 6.87. The summed E-state index contributed by atoms with van der Waals surface area (Å²) in [7, 11) is 0. The first kappa shape index (κ1) is 8.43. The standard InChI is InChI=1S/C8H16N3/c1-2-5-11(6-3-9)7-4-10-8-11/h2,8H,1,3-7,9H2/q+1. The minimum Gasteiger partial charge on any atom is -0.326 e. The van der Waals surface area contributed by atoms with Gasteiger partial charge in [0.25, 0.3) is 0 Å². The molecule has 3 heteroatoms. The van der Waals surface area contributed by atoms with Crippen LogP contribution in [-0.2, 0) is 0 Å². The van der Waals surface area contributed by atoms with E-state index in [-0.39, 0.29) is 0 Å². The van der Waals surface area contributed by atoms with Gasteiger partial charge in [0.2, 0.25) is 0 Å². The first-order chi connectivity index (χ1) is 5.33. The van der Waals surface area contributed by atoms with Crippen molar-refractivity contribution >= 4 is 6.34 Å². The molecule has 1 unspecified atom stereocenters. The van der Waals surface area contributed by atoms with Crippen LogP contribution in [0.1, 0.15) is 0 Å². The van der Waals surface area contributed by atoms with Gasteiger partial charge in [-0.2, -0.15) is 0 Å². The van der Waals surface area contributed by atoms with Gasteiger partial charge in [-0.25, -0.2) is 4.99 Å². The first-order valence-electron chi connectivity index (χ1n) is 4.01. The van der Waals surface area contributed by atoms with Gasteiger partial charge in [-0.05, 0) is 6.08 Å². The topological polar surface area (TPSA) is 38.4 Å². The molecule has 2 N–H and O–H groups in total. The van der Waals surface area contributed by atoms with Crippen LogP contribution in [0, 0.1) is 0 Å². The lowest BCUT2D eigenvalue weighted by Crippen LogP contribution is -2.48. The normalized spacial score (nSPS) is 29.2. The largest absolute Gasteiger partial charge is 0.326 e. The number of aliphatic imine (C=N–C) groups is 1. The van der Waals surface area contributed by atoms with E-state index < -0.39 is 0 Å². The van der Waals surface area contributed by atoms with E-state index >= 15 is 0 Å². The van der Waals surface area contributed by atoms with Crippen molar-refractivity contribution in [2.75, 3.05) is 32.7 Å². The van der Waals surface area contributed by atoms with E-state index in [1.807, 2.05) is 12.4 Å². The second-order valence-corrected chi connectivity index (χ2v) is 2.95. The molecule has 0 spiro atoms. The maximum Gasteiger partial charge on any atom is 0.185 e. The lowest BCUT2D eigenvalue weighted by molar-refractivity contribution is -0.820. The van der Waals surface area contributed by atoms with Gasteiger partial charge in [-0.3, -0.25) is 4.48 Å². The second kappa shape index (κ2) is 3.64. The van der Waals surface area contributed by atoms with Gasteiger partial charge in [-0.15, -0.1) is 0 Å². The molecule has 0 bridgehead atoms. The van der Waals surface area contributed by atoms with Crippen molar-refractivity contribution in [2.24, 2.45) is 10.7 Å². The predicted octanol–water partition coefficient (Wildman–Crippen LogP) is -0.0102. The van der Waals surface area contributed by atoms with Crippen LogP contribution in [0.15, 0.2) is 17.6 Å². The number of hydrogen-bond donors (Lipinski definition) is 1. The van der Waals surface area contributed by atoms with Crippen LogP contribution in [-0.4, -0.2) is 43.5 Å². The quantitative estimate of drug-likeness (QED) is 0.449. The molecule has 3 nitrogen and oxygen atoms in total. The Balaban J connectivity index is 2.55. The van der Waals surface area contributed by atoms with E-state index in [4.69, 9.17) is 5.73 Å². The highest BCUT2D eigenvalue weighted by molar-refractivity contribution is 5.48. The zero-order chi connectivity index (χ0) is 8.16. The number of rotatable bonds is 4. The van der Waals surface area contributed by atoms with Gasteiger partial charge >= 0.3 is 0 Å². The fourth-order valence-electron chi connectivity index (χ4n) is 1.46. The zero-order valence-electron chi connectivity index (χ0n) is 6.87. The third-order valence-corrected chi connectivity index (χ3v) is 2.07. The van der Waals surface area contributed by atoms with Crippen molar-refractivity contribution in [1.29, 1.82) is 0 Å². The molecule has 1 rings (SSSR count). The minimum absolute atomic E-state index is 0.722. The molecule has 0 saturated heterocycles. The Morgan fingerprint density at radius 1 is 1.73 bits per heavy atom. The highest BCUT2D eigenvalue weighted by atomic mass is 15.4. The van der Waals surface area contributed by atoms with Crippen molar-refractivity contribution in [3.63, 3.8) is 0 Å². The summed E-state index contributed by atoms with van der Waals surface area (Å²) in [5.74, 6) is 0. The molecule has 62 valence electrons. The Hall–Kier alpha value is -0.670. The second-order valence-electron chi connectivity index (χ2n) is 2.95. The Bertz CT molecular complexity index is 165. The third kappa shape index (κ3) is 1.88. The van der Waals surface area contributed by atoms with Crippen LogP contribution in [0.2, 0.25) is 0 Å². The molecular weight excluding hydrogens is 138 g/mol. The minimum atomic E-state index is 0.722. The monoisotopic (exact) mass is 154 g/mol. The van der Waals surface area contributed by atoms with Gasteiger partial charge < -0.3 is 5.73 Å². The molecule has 0 amide bonds. The highest BCUT2D eigenvalue weighted by Crippen LogP contribution is 2.07. The first-order valence-corrected chi connectivity index (χ1v) is 4.01. The van der Waals surface area contributed by atoms with E-state index in [2.05, 4.69) is 11.6 Å². The maximum absolute atomic E-state index is 5.51. The summed E-state index contributed by atoms with van der Waals surface area (Å²) in [5, 5.41) is 0. The molecule has 0 aromatic rings. The van der Waals surface area contributed by atoms with Crippen molar-refractivity contribution in [1.82, 2.24) is 0 Å². The van der Waals surface area contributed by atoms with Gasteiger partial charge in [0, 0.05) is 6.54 Å². The summed E-state index contributed by atoms with van der Waals surface area (Å²) < 4.78 is 0.903. The van der Waals surface area contributed by atoms with Crippen LogP contribution < -0.4 is 5.73 Å². The molecule has 0 aromatic carbocycles. The summed E-state index contributed by atoms with van der Waals surface area (Å²) in [4.78, 5) is 4.22. The fraction of sp³-hybridized carbons (Fsp3) is 0.625. The number of nitrogens with zero attached hydrogens (tertiary/aromatic N) is 2. The Labute approximate surface area is 67.8 Å². The molecule has 0 aliphatic carbocycles. The number of quaternary nitrogens is 1. The fourth-order valence-corrected chi connectivity index (χ4v) is 1.46. The van der Waals surface area contributed by atoms with Gasteiger partial charge in [-0.1, -0.05) is 6.58 Å². The highest BCUT2D eigenvalue weighted by Gasteiger charge is 2.26. The van der Waals surface area contributed by atoms with Crippen LogP contribution in [0.3, 0.4) is 0 Å². The van der Waals surface area contributed by atoms with Crippen molar-refractivity contribution in [3.05, 3.63) is 12.7 Å². The SMILES string of the molecule is C=CC[N+]1(CCN)C=NCC1. The van der Waals surface area contributed by atoms with Crippen molar-refractivity contribution in [3.8, 4) is 0 Å². The number of hydrogen-bond acceptors (Lipinski definition) is 2. The molecule has 0 radical (unpaired) electrons. The average molecular weight is 154 g/mol. The van der Waals surface area contributed by atoms with Crippen molar-refractivity contribution in [2.45, 2.75) is 0 Å². The van der Waals surface area contributed by atoms with Gasteiger partial charge in [0.15, 0.2) is 6.34 Å². The summed E-state index contributed by atoms with van der Waals surface area (Å²) in [5.41, 5.74) is 5.51. The van der Waals surface area contributed by atoms with Crippen LogP contribution in [0.25, 0.3) is 0 Å². The smallest absolute Gasteiger partial charge is 0.185 e. The molecule has 0 saturated carbocycles. The Morgan fingerprint density at radius 2 is 2.55 bits per heavy atom. The van der Waals surface area contributed by atoms with Gasteiger partial charge in [0.05, 0.1) is 13.1 Å². The van der Waals surface area contributed by atoms with Crippen molar-refractivity contribution < 1.29 is 4.48 Å². The van der Waals surface area contributed by atoms with E-state index in [0.717, 1.165) is 37.2 Å². The van der Waals surface area contributed by atoms with Crippen LogP contribution in [0.4, 0.5) is 0 Å². The lowest BCUT2D eigenvalue weighted by atomic mass is 10.3. The van der Waals surface area contributed by atoms with E-state index in [1.165, 1.54) is 0 Å². The molecule has 0 fully saturated rings. The summed E-state index contributed by atoms with van der Waals surface area (Å²) in [6, 6.07) is 0. The Morgan fingerprint density at radius 3 is 3.00 bits per heavy atom. The molecule has 1 heterocycles. The van der Waals surface area contributed by atoms with Gasteiger partial charge in [0.1, 0.15) is 13.1 Å². The Kier molecular flexibility index (Phi) is 2.79.